The molecule has 1 aromatic heterocycles. The molecule has 0 aromatic carbocycles. The molecule has 1 heterocycles. The van der Waals surface area contributed by atoms with Crippen LogP contribution in [0.15, 0.2) is 11.4 Å². The summed E-state index contributed by atoms with van der Waals surface area (Å²) >= 11 is 1.43. The first-order valence-electron chi connectivity index (χ1n) is 5.45. The predicted octanol–water partition coefficient (Wildman–Crippen LogP) is 2.62. The van der Waals surface area contributed by atoms with Gasteiger partial charge in [0.25, 0.3) is 5.91 Å². The molecule has 84 valence electrons. The molecule has 1 N–H and O–H groups in total. The van der Waals surface area contributed by atoms with Gasteiger partial charge in [-0.2, -0.15) is 5.26 Å². The van der Waals surface area contributed by atoms with Gasteiger partial charge in [-0.05, 0) is 49.6 Å². The molecular weight excluding hydrogens is 220 g/mol. The molecule has 0 saturated heterocycles. The van der Waals surface area contributed by atoms with Crippen LogP contribution < -0.4 is 5.32 Å². The van der Waals surface area contributed by atoms with E-state index in [0.717, 1.165) is 36.1 Å². The van der Waals surface area contributed by atoms with Crippen molar-refractivity contribution in [1.82, 2.24) is 5.32 Å². The largest absolute Gasteiger partial charge is 0.333 e. The zero-order chi connectivity index (χ0) is 11.6. The smallest absolute Gasteiger partial charge is 0.262 e. The number of hydrogen-bond donors (Lipinski definition) is 1. The SMILES string of the molecule is Cc1ccsc1C(=O)NC1(C#N)CCCC1. The number of carbonyl (C=O) groups is 1. The van der Waals surface area contributed by atoms with Crippen molar-refractivity contribution < 1.29 is 4.79 Å². The molecule has 0 spiro atoms. The van der Waals surface area contributed by atoms with E-state index in [1.165, 1.54) is 11.3 Å². The second-order valence-corrected chi connectivity index (χ2v) is 5.20. The summed E-state index contributed by atoms with van der Waals surface area (Å²) < 4.78 is 0. The van der Waals surface area contributed by atoms with Crippen molar-refractivity contribution in [2.24, 2.45) is 0 Å². The van der Waals surface area contributed by atoms with E-state index in [0.29, 0.717) is 0 Å². The third kappa shape index (κ3) is 1.96. The Labute approximate surface area is 99.1 Å². The number of amides is 1. The maximum absolute atomic E-state index is 12.0. The molecule has 3 nitrogen and oxygen atoms in total. The zero-order valence-electron chi connectivity index (χ0n) is 9.25. The summed E-state index contributed by atoms with van der Waals surface area (Å²) in [6.45, 7) is 1.92. The fourth-order valence-electron chi connectivity index (χ4n) is 2.12. The Bertz CT molecular complexity index is 438. The van der Waals surface area contributed by atoms with Crippen LogP contribution in [0.25, 0.3) is 0 Å². The van der Waals surface area contributed by atoms with Gasteiger partial charge in [-0.1, -0.05) is 0 Å². The standard InChI is InChI=1S/C12H14N2OS/c1-9-4-7-16-10(9)11(15)14-12(8-13)5-2-3-6-12/h4,7H,2-3,5-6H2,1H3,(H,14,15). The van der Waals surface area contributed by atoms with Crippen molar-refractivity contribution in [3.8, 4) is 6.07 Å². The second kappa shape index (κ2) is 4.26. The number of nitrogens with one attached hydrogen (secondary N) is 1. The minimum Gasteiger partial charge on any atom is -0.333 e. The van der Waals surface area contributed by atoms with E-state index < -0.39 is 5.54 Å². The van der Waals surface area contributed by atoms with Gasteiger partial charge < -0.3 is 5.32 Å². The molecule has 0 bridgehead atoms. The summed E-state index contributed by atoms with van der Waals surface area (Å²) in [4.78, 5) is 12.7. The fourth-order valence-corrected chi connectivity index (χ4v) is 2.94. The van der Waals surface area contributed by atoms with Gasteiger partial charge in [0.2, 0.25) is 0 Å². The van der Waals surface area contributed by atoms with Gasteiger partial charge in [0.1, 0.15) is 5.54 Å². The van der Waals surface area contributed by atoms with Crippen molar-refractivity contribution in [2.75, 3.05) is 0 Å². The highest BCUT2D eigenvalue weighted by molar-refractivity contribution is 7.12. The number of aryl methyl sites for hydroxylation is 1. The molecule has 0 atom stereocenters. The number of rotatable bonds is 2. The van der Waals surface area contributed by atoms with Gasteiger partial charge in [0, 0.05) is 0 Å². The molecule has 0 radical (unpaired) electrons. The highest BCUT2D eigenvalue weighted by Crippen LogP contribution is 2.29. The van der Waals surface area contributed by atoms with E-state index in [2.05, 4.69) is 11.4 Å². The van der Waals surface area contributed by atoms with E-state index in [1.807, 2.05) is 18.4 Å². The molecular formula is C12H14N2OS. The lowest BCUT2D eigenvalue weighted by atomic mass is 10.00. The Kier molecular flexibility index (Phi) is 2.97. The fraction of sp³-hybridized carbons (Fsp3) is 0.500. The first kappa shape index (κ1) is 11.2. The summed E-state index contributed by atoms with van der Waals surface area (Å²) in [5.74, 6) is -0.101. The molecule has 2 rings (SSSR count). The lowest BCUT2D eigenvalue weighted by Gasteiger charge is -2.21. The number of thiophene rings is 1. The van der Waals surface area contributed by atoms with E-state index >= 15 is 0 Å². The third-order valence-electron chi connectivity index (χ3n) is 3.09. The quantitative estimate of drug-likeness (QED) is 0.855. The number of nitriles is 1. The lowest BCUT2D eigenvalue weighted by Crippen LogP contribution is -2.45. The van der Waals surface area contributed by atoms with Crippen LogP contribution in [0.1, 0.15) is 40.9 Å². The molecule has 0 aliphatic heterocycles. The van der Waals surface area contributed by atoms with Crippen LogP contribution in [-0.2, 0) is 0 Å². The summed E-state index contributed by atoms with van der Waals surface area (Å²) in [5.41, 5.74) is 0.363. The molecule has 0 unspecified atom stereocenters. The van der Waals surface area contributed by atoms with Gasteiger partial charge in [0.15, 0.2) is 0 Å². The molecule has 1 fully saturated rings. The summed E-state index contributed by atoms with van der Waals surface area (Å²) in [6, 6.07) is 4.19. The van der Waals surface area contributed by atoms with E-state index in [4.69, 9.17) is 0 Å². The lowest BCUT2D eigenvalue weighted by molar-refractivity contribution is 0.0924. The number of hydrogen-bond acceptors (Lipinski definition) is 3. The first-order valence-corrected chi connectivity index (χ1v) is 6.33. The van der Waals surface area contributed by atoms with Crippen LogP contribution in [0.5, 0.6) is 0 Å². The Hall–Kier alpha value is -1.34. The number of carbonyl (C=O) groups excluding carboxylic acids is 1. The van der Waals surface area contributed by atoms with Crippen molar-refractivity contribution >= 4 is 17.2 Å². The molecule has 1 aliphatic carbocycles. The maximum atomic E-state index is 12.0. The van der Waals surface area contributed by atoms with Crippen LogP contribution in [0.4, 0.5) is 0 Å². The second-order valence-electron chi connectivity index (χ2n) is 4.29. The minimum absolute atomic E-state index is 0.101. The van der Waals surface area contributed by atoms with Crippen molar-refractivity contribution in [2.45, 2.75) is 38.1 Å². The predicted molar refractivity (Wildman–Crippen MR) is 63.3 cm³/mol. The Morgan fingerprint density at radius 1 is 1.56 bits per heavy atom. The van der Waals surface area contributed by atoms with Crippen LogP contribution in [0.2, 0.25) is 0 Å². The first-order chi connectivity index (χ1) is 7.67. The maximum Gasteiger partial charge on any atom is 0.262 e. The minimum atomic E-state index is -0.618. The van der Waals surface area contributed by atoms with Crippen LogP contribution in [0.3, 0.4) is 0 Å². The molecule has 16 heavy (non-hydrogen) atoms. The van der Waals surface area contributed by atoms with Gasteiger partial charge in [-0.15, -0.1) is 11.3 Å². The van der Waals surface area contributed by atoms with E-state index in [9.17, 15) is 10.1 Å². The van der Waals surface area contributed by atoms with Crippen molar-refractivity contribution in [1.29, 1.82) is 5.26 Å². The van der Waals surface area contributed by atoms with Gasteiger partial charge in [0.05, 0.1) is 10.9 Å². The van der Waals surface area contributed by atoms with Crippen LogP contribution >= 0.6 is 11.3 Å². The highest BCUT2D eigenvalue weighted by atomic mass is 32.1. The van der Waals surface area contributed by atoms with Crippen LogP contribution in [0, 0.1) is 18.3 Å². The number of nitrogens with zero attached hydrogens (tertiary/aromatic N) is 1. The van der Waals surface area contributed by atoms with E-state index in [-0.39, 0.29) is 5.91 Å². The summed E-state index contributed by atoms with van der Waals surface area (Å²) in [7, 11) is 0. The molecule has 1 saturated carbocycles. The normalized spacial score (nSPS) is 18.0. The van der Waals surface area contributed by atoms with Crippen molar-refractivity contribution in [3.63, 3.8) is 0 Å². The molecule has 4 heteroatoms. The highest BCUT2D eigenvalue weighted by Gasteiger charge is 2.35. The van der Waals surface area contributed by atoms with Gasteiger partial charge >= 0.3 is 0 Å². The zero-order valence-corrected chi connectivity index (χ0v) is 10.1. The van der Waals surface area contributed by atoms with Crippen LogP contribution in [-0.4, -0.2) is 11.4 Å². The summed E-state index contributed by atoms with van der Waals surface area (Å²) in [6.07, 6.45) is 3.61. The summed E-state index contributed by atoms with van der Waals surface area (Å²) in [5, 5.41) is 14.0. The Morgan fingerprint density at radius 3 is 2.75 bits per heavy atom. The van der Waals surface area contributed by atoms with Gasteiger partial charge in [-0.3, -0.25) is 4.79 Å². The van der Waals surface area contributed by atoms with Crippen molar-refractivity contribution in [3.05, 3.63) is 21.9 Å². The molecule has 1 aliphatic rings. The molecule has 1 aromatic rings. The monoisotopic (exact) mass is 234 g/mol. The Morgan fingerprint density at radius 2 is 2.25 bits per heavy atom. The van der Waals surface area contributed by atoms with Gasteiger partial charge in [-0.25, -0.2) is 0 Å². The molecule has 1 amide bonds. The average Bonchev–Trinajstić information content (AvgIpc) is 2.87. The average molecular weight is 234 g/mol. The third-order valence-corrected chi connectivity index (χ3v) is 4.11. The van der Waals surface area contributed by atoms with E-state index in [1.54, 1.807) is 0 Å². The topological polar surface area (TPSA) is 52.9 Å². The Balaban J connectivity index is 2.13.